The van der Waals surface area contributed by atoms with Crippen molar-refractivity contribution in [2.75, 3.05) is 0 Å². The summed E-state index contributed by atoms with van der Waals surface area (Å²) in [6.07, 6.45) is 0. The van der Waals surface area contributed by atoms with E-state index in [0.29, 0.717) is 33.4 Å². The third kappa shape index (κ3) is 5.70. The molecule has 3 heteroatoms. The van der Waals surface area contributed by atoms with E-state index < -0.39 is 5.78 Å². The van der Waals surface area contributed by atoms with Crippen molar-refractivity contribution in [2.24, 2.45) is 0 Å². The smallest absolute Gasteiger partial charge is 0.194 e. The van der Waals surface area contributed by atoms with E-state index in [9.17, 15) is 0 Å². The molecule has 0 radical (unpaired) electrons. The van der Waals surface area contributed by atoms with Crippen molar-refractivity contribution >= 4 is 17.3 Å². The summed E-state index contributed by atoms with van der Waals surface area (Å²) in [5, 5.41) is 0. The molecule has 7 aromatic rings. The van der Waals surface area contributed by atoms with Crippen LogP contribution in [0.1, 0.15) is 47.8 Å². The fraction of sp³-hybridized carbons (Fsp3) is 0. The highest BCUT2D eigenvalue weighted by molar-refractivity contribution is 6.31. The van der Waals surface area contributed by atoms with Crippen LogP contribution in [0.3, 0.4) is 0 Å². The number of carbonyl (C=O) groups is 3. The normalized spacial score (nSPS) is 10.8. The van der Waals surface area contributed by atoms with Gasteiger partial charge in [0.25, 0.3) is 0 Å². The SMILES string of the molecule is O=C(c1ccccc1)c1c(C(=O)c2ccccc2)c(-c2ccccc2)c(-c2ccccc2)c(-c2ccccc2)c1C(=O)c1ccccc1. The highest BCUT2D eigenvalue weighted by Gasteiger charge is 2.36. The van der Waals surface area contributed by atoms with Gasteiger partial charge in [-0.15, -0.1) is 0 Å². The first-order valence-electron chi connectivity index (χ1n) is 15.8. The Bertz CT molecular complexity index is 2110. The first-order chi connectivity index (χ1) is 23.6. The predicted molar refractivity (Wildman–Crippen MR) is 192 cm³/mol. The van der Waals surface area contributed by atoms with Crippen LogP contribution in [-0.2, 0) is 0 Å². The molecule has 0 saturated carbocycles. The van der Waals surface area contributed by atoms with Crippen molar-refractivity contribution in [1.29, 1.82) is 0 Å². The van der Waals surface area contributed by atoms with Crippen LogP contribution in [0, 0.1) is 0 Å². The minimum atomic E-state index is -0.400. The Labute approximate surface area is 279 Å². The van der Waals surface area contributed by atoms with E-state index in [1.807, 2.05) is 109 Å². The lowest BCUT2D eigenvalue weighted by Gasteiger charge is -2.26. The molecule has 0 atom stereocenters. The maximum atomic E-state index is 15.1. The zero-order valence-corrected chi connectivity index (χ0v) is 26.0. The zero-order chi connectivity index (χ0) is 32.9. The molecule has 0 bridgehead atoms. The van der Waals surface area contributed by atoms with Crippen molar-refractivity contribution in [1.82, 2.24) is 0 Å². The van der Waals surface area contributed by atoms with Gasteiger partial charge in [-0.05, 0) is 22.3 Å². The molecule has 0 aromatic heterocycles. The number of ketones is 3. The molecule has 0 fully saturated rings. The molecule has 0 heterocycles. The van der Waals surface area contributed by atoms with E-state index in [1.54, 1.807) is 72.8 Å². The van der Waals surface area contributed by atoms with E-state index in [2.05, 4.69) is 0 Å². The number of benzene rings is 7. The van der Waals surface area contributed by atoms with Crippen LogP contribution in [0.4, 0.5) is 0 Å². The summed E-state index contributed by atoms with van der Waals surface area (Å²) in [5.41, 5.74) is 5.92. The van der Waals surface area contributed by atoms with Crippen molar-refractivity contribution in [3.8, 4) is 33.4 Å². The summed E-state index contributed by atoms with van der Waals surface area (Å²) in [7, 11) is 0. The minimum Gasteiger partial charge on any atom is -0.289 e. The van der Waals surface area contributed by atoms with Crippen molar-refractivity contribution in [3.05, 3.63) is 215 Å². The van der Waals surface area contributed by atoms with Crippen LogP contribution >= 0.6 is 0 Å². The van der Waals surface area contributed by atoms with Crippen LogP contribution in [0.2, 0.25) is 0 Å². The van der Waals surface area contributed by atoms with E-state index in [0.717, 1.165) is 16.7 Å². The van der Waals surface area contributed by atoms with Crippen LogP contribution in [0.5, 0.6) is 0 Å². The van der Waals surface area contributed by atoms with Gasteiger partial charge in [0.1, 0.15) is 0 Å². The Hall–Kier alpha value is -6.45. The molecule has 3 nitrogen and oxygen atoms in total. The van der Waals surface area contributed by atoms with Crippen molar-refractivity contribution in [2.45, 2.75) is 0 Å². The van der Waals surface area contributed by atoms with Gasteiger partial charge in [0.15, 0.2) is 17.3 Å². The average Bonchev–Trinajstić information content (AvgIpc) is 3.18. The number of hydrogen-bond donors (Lipinski definition) is 0. The second-order valence-corrected chi connectivity index (χ2v) is 11.4. The van der Waals surface area contributed by atoms with Crippen molar-refractivity contribution in [3.63, 3.8) is 0 Å². The first-order valence-corrected chi connectivity index (χ1v) is 15.8. The lowest BCUT2D eigenvalue weighted by Crippen LogP contribution is -2.21. The molecular weight excluding hydrogens is 588 g/mol. The fourth-order valence-corrected chi connectivity index (χ4v) is 6.31. The summed E-state index contributed by atoms with van der Waals surface area (Å²) in [6.45, 7) is 0. The Morgan fingerprint density at radius 3 is 0.771 bits per heavy atom. The molecule has 48 heavy (non-hydrogen) atoms. The molecule has 0 spiro atoms. The standard InChI is InChI=1S/C45H30O3/c46-43(34-25-13-4-14-26-34)40-38(32-21-9-2-10-22-32)37(31-19-7-1-8-20-31)39(33-23-11-3-12-24-33)41(44(47)35-27-15-5-16-28-35)42(40)45(48)36-29-17-6-18-30-36/h1-30H. The fourth-order valence-electron chi connectivity index (χ4n) is 6.31. The second-order valence-electron chi connectivity index (χ2n) is 11.4. The van der Waals surface area contributed by atoms with Gasteiger partial charge in [-0.25, -0.2) is 0 Å². The molecule has 7 rings (SSSR count). The van der Waals surface area contributed by atoms with Gasteiger partial charge >= 0.3 is 0 Å². The van der Waals surface area contributed by atoms with Gasteiger partial charge in [0.05, 0.1) is 0 Å². The molecule has 0 aliphatic carbocycles. The first kappa shape index (κ1) is 30.2. The van der Waals surface area contributed by atoms with E-state index in [-0.39, 0.29) is 28.3 Å². The Morgan fingerprint density at radius 2 is 0.479 bits per heavy atom. The quantitative estimate of drug-likeness (QED) is 0.151. The lowest BCUT2D eigenvalue weighted by atomic mass is 9.74. The Balaban J connectivity index is 1.77. The Morgan fingerprint density at radius 1 is 0.250 bits per heavy atom. The summed E-state index contributed by atoms with van der Waals surface area (Å²) < 4.78 is 0. The van der Waals surface area contributed by atoms with Gasteiger partial charge < -0.3 is 0 Å². The largest absolute Gasteiger partial charge is 0.289 e. The lowest BCUT2D eigenvalue weighted by molar-refractivity contribution is 0.0991. The van der Waals surface area contributed by atoms with E-state index in [1.165, 1.54) is 0 Å². The topological polar surface area (TPSA) is 51.2 Å². The average molecular weight is 619 g/mol. The highest BCUT2D eigenvalue weighted by Crippen LogP contribution is 2.48. The minimum absolute atomic E-state index is 0.0845. The molecule has 0 amide bonds. The molecule has 0 saturated heterocycles. The van der Waals surface area contributed by atoms with Gasteiger partial charge in [-0.1, -0.05) is 182 Å². The maximum absolute atomic E-state index is 15.1. The molecule has 7 aromatic carbocycles. The van der Waals surface area contributed by atoms with Crippen molar-refractivity contribution < 1.29 is 14.4 Å². The van der Waals surface area contributed by atoms with E-state index >= 15 is 14.4 Å². The van der Waals surface area contributed by atoms with Gasteiger partial charge in [-0.3, -0.25) is 14.4 Å². The molecular formula is C45H30O3. The highest BCUT2D eigenvalue weighted by atomic mass is 16.1. The predicted octanol–water partition coefficient (Wildman–Crippen LogP) is 10.4. The molecule has 0 aliphatic rings. The Kier molecular flexibility index (Phi) is 8.50. The summed E-state index contributed by atoms with van der Waals surface area (Å²) >= 11 is 0. The van der Waals surface area contributed by atoms with Crippen LogP contribution in [0.15, 0.2) is 182 Å². The molecule has 0 aliphatic heterocycles. The second kappa shape index (κ2) is 13.5. The van der Waals surface area contributed by atoms with Gasteiger partial charge in [0.2, 0.25) is 0 Å². The number of rotatable bonds is 9. The summed E-state index contributed by atoms with van der Waals surface area (Å²) in [5.74, 6) is -1.08. The summed E-state index contributed by atoms with van der Waals surface area (Å²) in [6, 6.07) is 55.9. The number of carbonyl (C=O) groups excluding carboxylic acids is 3. The monoisotopic (exact) mass is 618 g/mol. The maximum Gasteiger partial charge on any atom is 0.194 e. The van der Waals surface area contributed by atoms with Crippen LogP contribution < -0.4 is 0 Å². The summed E-state index contributed by atoms with van der Waals surface area (Å²) in [4.78, 5) is 45.2. The van der Waals surface area contributed by atoms with E-state index in [4.69, 9.17) is 0 Å². The number of hydrogen-bond acceptors (Lipinski definition) is 3. The van der Waals surface area contributed by atoms with Gasteiger partial charge in [0, 0.05) is 44.5 Å². The van der Waals surface area contributed by atoms with Crippen LogP contribution in [-0.4, -0.2) is 17.3 Å². The molecule has 228 valence electrons. The molecule has 0 unspecified atom stereocenters. The van der Waals surface area contributed by atoms with Crippen LogP contribution in [0.25, 0.3) is 33.4 Å². The zero-order valence-electron chi connectivity index (χ0n) is 26.0. The third-order valence-electron chi connectivity index (χ3n) is 8.48. The van der Waals surface area contributed by atoms with Gasteiger partial charge in [-0.2, -0.15) is 0 Å². The third-order valence-corrected chi connectivity index (χ3v) is 8.48. The molecule has 0 N–H and O–H groups in total.